The molecule has 0 aromatic carbocycles. The van der Waals surface area contributed by atoms with Crippen molar-refractivity contribution in [3.8, 4) is 0 Å². The van der Waals surface area contributed by atoms with E-state index in [2.05, 4.69) is 48.5 Å². The fourth-order valence-electron chi connectivity index (χ4n) is 3.43. The summed E-state index contributed by atoms with van der Waals surface area (Å²) < 4.78 is 0. The Kier molecular flexibility index (Phi) is 3.76. The molecule has 1 saturated heterocycles. The van der Waals surface area contributed by atoms with Gasteiger partial charge in [0.05, 0.1) is 0 Å². The fraction of sp³-hybridized carbons (Fsp3) is 0.714. The minimum Gasteiger partial charge on any atom is -0.371 e. The topological polar surface area (TPSA) is 49.8 Å². The van der Waals surface area contributed by atoms with Gasteiger partial charge in [0.1, 0.15) is 0 Å². The third-order valence-electron chi connectivity index (χ3n) is 3.66. The summed E-state index contributed by atoms with van der Waals surface area (Å²) in [6, 6.07) is 1.95. The van der Waals surface area contributed by atoms with Gasteiger partial charge in [-0.25, -0.2) is 0 Å². The largest absolute Gasteiger partial charge is 0.371 e. The number of anilines is 1. The van der Waals surface area contributed by atoms with Gasteiger partial charge in [-0.2, -0.15) is 0 Å². The maximum absolute atomic E-state index is 6.02. The standard InChI is InChI=1S/C14H23ClN4/c1-13(2)7-9(8-14(3,4)19-13)10-6-11(15)17-18-12(10)16-5/h6,9,19H,7-8H2,1-5H3,(H,16,18). The average molecular weight is 283 g/mol. The van der Waals surface area contributed by atoms with Crippen LogP contribution in [0.3, 0.4) is 0 Å². The Morgan fingerprint density at radius 2 is 1.79 bits per heavy atom. The monoisotopic (exact) mass is 282 g/mol. The van der Waals surface area contributed by atoms with Crippen LogP contribution in [0.25, 0.3) is 0 Å². The summed E-state index contributed by atoms with van der Waals surface area (Å²) in [5.41, 5.74) is 1.38. The molecule has 106 valence electrons. The first-order valence-electron chi connectivity index (χ1n) is 6.73. The predicted molar refractivity (Wildman–Crippen MR) is 79.9 cm³/mol. The molecule has 19 heavy (non-hydrogen) atoms. The number of rotatable bonds is 2. The summed E-state index contributed by atoms with van der Waals surface area (Å²) in [5.74, 6) is 1.27. The number of halogens is 1. The van der Waals surface area contributed by atoms with E-state index < -0.39 is 0 Å². The summed E-state index contributed by atoms with van der Waals surface area (Å²) in [5, 5.41) is 15.3. The van der Waals surface area contributed by atoms with Crippen molar-refractivity contribution < 1.29 is 0 Å². The summed E-state index contributed by atoms with van der Waals surface area (Å²) in [6.07, 6.45) is 2.13. The molecule has 0 aliphatic carbocycles. The van der Waals surface area contributed by atoms with E-state index in [0.29, 0.717) is 11.1 Å². The molecule has 0 bridgehead atoms. The van der Waals surface area contributed by atoms with Crippen molar-refractivity contribution in [3.63, 3.8) is 0 Å². The van der Waals surface area contributed by atoms with E-state index in [1.54, 1.807) is 0 Å². The Balaban J connectivity index is 2.38. The first kappa shape index (κ1) is 14.5. The summed E-state index contributed by atoms with van der Waals surface area (Å²) >= 11 is 6.02. The summed E-state index contributed by atoms with van der Waals surface area (Å²) in [7, 11) is 1.87. The van der Waals surface area contributed by atoms with Crippen molar-refractivity contribution in [3.05, 3.63) is 16.8 Å². The van der Waals surface area contributed by atoms with Gasteiger partial charge in [0.15, 0.2) is 11.0 Å². The Hall–Kier alpha value is -0.870. The Bertz CT molecular complexity index is 455. The van der Waals surface area contributed by atoms with E-state index >= 15 is 0 Å². The van der Waals surface area contributed by atoms with Crippen molar-refractivity contribution in [2.24, 2.45) is 0 Å². The highest BCUT2D eigenvalue weighted by molar-refractivity contribution is 6.29. The van der Waals surface area contributed by atoms with Crippen LogP contribution in [0.2, 0.25) is 5.15 Å². The number of aromatic nitrogens is 2. The third-order valence-corrected chi connectivity index (χ3v) is 3.85. The van der Waals surface area contributed by atoms with E-state index in [-0.39, 0.29) is 11.1 Å². The van der Waals surface area contributed by atoms with Crippen LogP contribution >= 0.6 is 11.6 Å². The van der Waals surface area contributed by atoms with Gasteiger partial charge in [-0.3, -0.25) is 0 Å². The molecule has 5 heteroatoms. The lowest BCUT2D eigenvalue weighted by atomic mass is 9.73. The van der Waals surface area contributed by atoms with Crippen molar-refractivity contribution in [2.75, 3.05) is 12.4 Å². The van der Waals surface area contributed by atoms with Crippen LogP contribution in [0.15, 0.2) is 6.07 Å². The quantitative estimate of drug-likeness (QED) is 0.875. The van der Waals surface area contributed by atoms with Gasteiger partial charge < -0.3 is 10.6 Å². The average Bonchev–Trinajstić information content (AvgIpc) is 2.24. The van der Waals surface area contributed by atoms with Gasteiger partial charge in [-0.1, -0.05) is 11.6 Å². The van der Waals surface area contributed by atoms with Gasteiger partial charge in [0.2, 0.25) is 0 Å². The van der Waals surface area contributed by atoms with Gasteiger partial charge in [0, 0.05) is 23.7 Å². The van der Waals surface area contributed by atoms with E-state index in [0.717, 1.165) is 18.7 Å². The van der Waals surface area contributed by atoms with E-state index in [4.69, 9.17) is 11.6 Å². The SMILES string of the molecule is CNc1nnc(Cl)cc1C1CC(C)(C)NC(C)(C)C1. The van der Waals surface area contributed by atoms with Crippen molar-refractivity contribution >= 4 is 17.4 Å². The molecule has 4 nitrogen and oxygen atoms in total. The number of nitrogens with zero attached hydrogens (tertiary/aromatic N) is 2. The Morgan fingerprint density at radius 1 is 1.21 bits per heavy atom. The van der Waals surface area contributed by atoms with Crippen molar-refractivity contribution in [1.82, 2.24) is 15.5 Å². The molecule has 2 rings (SSSR count). The van der Waals surface area contributed by atoms with Gasteiger partial charge >= 0.3 is 0 Å². The van der Waals surface area contributed by atoms with Gasteiger partial charge in [-0.05, 0) is 52.5 Å². The van der Waals surface area contributed by atoms with Crippen LogP contribution in [0.1, 0.15) is 52.0 Å². The molecule has 1 aliphatic heterocycles. The van der Waals surface area contributed by atoms with E-state index in [9.17, 15) is 0 Å². The molecule has 0 saturated carbocycles. The molecule has 1 fully saturated rings. The normalized spacial score (nSPS) is 22.2. The minimum absolute atomic E-state index is 0.104. The molecule has 0 spiro atoms. The molecule has 0 amide bonds. The molecule has 1 aliphatic rings. The van der Waals surface area contributed by atoms with Crippen LogP contribution < -0.4 is 10.6 Å². The summed E-state index contributed by atoms with van der Waals surface area (Å²) in [6.45, 7) is 8.98. The minimum atomic E-state index is 0.104. The molecule has 0 atom stereocenters. The maximum atomic E-state index is 6.02. The van der Waals surface area contributed by atoms with E-state index in [1.165, 1.54) is 5.56 Å². The molecular formula is C14H23ClN4. The van der Waals surface area contributed by atoms with Crippen molar-refractivity contribution in [1.29, 1.82) is 0 Å². The molecular weight excluding hydrogens is 260 g/mol. The molecule has 2 N–H and O–H groups in total. The summed E-state index contributed by atoms with van der Waals surface area (Å²) in [4.78, 5) is 0. The number of hydrogen-bond acceptors (Lipinski definition) is 4. The second-order valence-corrected chi connectivity index (χ2v) is 7.11. The lowest BCUT2D eigenvalue weighted by molar-refractivity contribution is 0.162. The highest BCUT2D eigenvalue weighted by atomic mass is 35.5. The second-order valence-electron chi connectivity index (χ2n) is 6.72. The Labute approximate surface area is 120 Å². The molecule has 1 aromatic rings. The van der Waals surface area contributed by atoms with Crippen LogP contribution in [-0.2, 0) is 0 Å². The second kappa shape index (κ2) is 4.91. The maximum Gasteiger partial charge on any atom is 0.152 e. The first-order valence-corrected chi connectivity index (χ1v) is 7.10. The smallest absolute Gasteiger partial charge is 0.152 e. The highest BCUT2D eigenvalue weighted by Gasteiger charge is 2.39. The zero-order chi connectivity index (χ0) is 14.3. The molecule has 0 unspecified atom stereocenters. The van der Waals surface area contributed by atoms with Crippen LogP contribution in [0.5, 0.6) is 0 Å². The van der Waals surface area contributed by atoms with Crippen LogP contribution in [-0.4, -0.2) is 28.3 Å². The van der Waals surface area contributed by atoms with Crippen LogP contribution in [0.4, 0.5) is 5.82 Å². The zero-order valence-electron chi connectivity index (χ0n) is 12.3. The lowest BCUT2D eigenvalue weighted by Crippen LogP contribution is -2.57. The van der Waals surface area contributed by atoms with Crippen LogP contribution in [0, 0.1) is 0 Å². The fourth-order valence-corrected chi connectivity index (χ4v) is 3.58. The number of nitrogens with one attached hydrogen (secondary N) is 2. The first-order chi connectivity index (χ1) is 8.72. The van der Waals surface area contributed by atoms with Crippen molar-refractivity contribution in [2.45, 2.75) is 57.5 Å². The predicted octanol–water partition coefficient (Wildman–Crippen LogP) is 3.20. The zero-order valence-corrected chi connectivity index (χ0v) is 13.1. The lowest BCUT2D eigenvalue weighted by Gasteiger charge is -2.46. The van der Waals surface area contributed by atoms with Gasteiger partial charge in [-0.15, -0.1) is 10.2 Å². The molecule has 1 aromatic heterocycles. The number of hydrogen-bond donors (Lipinski definition) is 2. The van der Waals surface area contributed by atoms with Gasteiger partial charge in [0.25, 0.3) is 0 Å². The van der Waals surface area contributed by atoms with E-state index in [1.807, 2.05) is 13.1 Å². The number of piperidine rings is 1. The third kappa shape index (κ3) is 3.37. The molecule has 0 radical (unpaired) electrons. The molecule has 2 heterocycles. The Morgan fingerprint density at radius 3 is 2.32 bits per heavy atom. The highest BCUT2D eigenvalue weighted by Crippen LogP contribution is 2.41.